The molecule has 0 amide bonds. The van der Waals surface area contributed by atoms with Gasteiger partial charge in [-0.25, -0.2) is 4.98 Å². The van der Waals surface area contributed by atoms with E-state index in [1.165, 1.54) is 0 Å². The number of imidazole rings is 1. The van der Waals surface area contributed by atoms with E-state index in [0.717, 1.165) is 22.8 Å². The second kappa shape index (κ2) is 3.97. The number of methoxy groups -OCH3 is 1. The summed E-state index contributed by atoms with van der Waals surface area (Å²) < 4.78 is 12.8. The van der Waals surface area contributed by atoms with Gasteiger partial charge < -0.3 is 14.0 Å². The lowest BCUT2D eigenvalue weighted by molar-refractivity contribution is 0.357. The maximum Gasteiger partial charge on any atom is 0.129 e. The molecule has 1 aliphatic rings. The third kappa shape index (κ3) is 1.78. The Labute approximate surface area is 99.1 Å². The van der Waals surface area contributed by atoms with Crippen molar-refractivity contribution in [3.63, 3.8) is 0 Å². The molecule has 0 aliphatic carbocycles. The lowest BCUT2D eigenvalue weighted by Crippen LogP contribution is -2.10. The molecular formula is C13H12N2O2. The van der Waals surface area contributed by atoms with Gasteiger partial charge in [0.1, 0.15) is 18.1 Å². The summed E-state index contributed by atoms with van der Waals surface area (Å²) in [5.41, 5.74) is 2.09. The molecule has 1 aromatic heterocycles. The molecule has 2 aromatic rings. The van der Waals surface area contributed by atoms with Crippen molar-refractivity contribution in [1.29, 1.82) is 0 Å². The Balaban J connectivity index is 2.03. The van der Waals surface area contributed by atoms with E-state index < -0.39 is 0 Å². The fourth-order valence-electron chi connectivity index (χ4n) is 1.85. The minimum Gasteiger partial charge on any atom is -0.497 e. The Hall–Kier alpha value is -2.23. The molecule has 86 valence electrons. The van der Waals surface area contributed by atoms with Crippen molar-refractivity contribution < 1.29 is 9.47 Å². The number of fused-ring (bicyclic) bond motifs is 1. The predicted molar refractivity (Wildman–Crippen MR) is 64.9 cm³/mol. The van der Waals surface area contributed by atoms with Crippen molar-refractivity contribution in [3.8, 4) is 11.5 Å². The van der Waals surface area contributed by atoms with Crippen LogP contribution in [0, 0.1) is 0 Å². The lowest BCUT2D eigenvalue weighted by atomic mass is 10.1. The Kier molecular flexibility index (Phi) is 2.33. The normalized spacial score (nSPS) is 13.6. The number of ether oxygens (including phenoxy) is 2. The van der Waals surface area contributed by atoms with Gasteiger partial charge >= 0.3 is 0 Å². The van der Waals surface area contributed by atoms with Crippen LogP contribution in [0.4, 0.5) is 0 Å². The Morgan fingerprint density at radius 1 is 1.41 bits per heavy atom. The van der Waals surface area contributed by atoms with E-state index >= 15 is 0 Å². The summed E-state index contributed by atoms with van der Waals surface area (Å²) in [6, 6.07) is 5.79. The highest BCUT2D eigenvalue weighted by molar-refractivity contribution is 5.77. The molecule has 4 heteroatoms. The van der Waals surface area contributed by atoms with Crippen molar-refractivity contribution in [2.24, 2.45) is 0 Å². The van der Waals surface area contributed by atoms with Gasteiger partial charge in [-0.3, -0.25) is 0 Å². The average molecular weight is 228 g/mol. The molecule has 0 atom stereocenters. The zero-order chi connectivity index (χ0) is 11.7. The zero-order valence-electron chi connectivity index (χ0n) is 9.46. The number of aromatic nitrogens is 2. The molecule has 0 spiro atoms. The molecule has 0 bridgehead atoms. The van der Waals surface area contributed by atoms with Gasteiger partial charge in [-0.05, 0) is 24.3 Å². The van der Waals surface area contributed by atoms with E-state index in [-0.39, 0.29) is 0 Å². The molecule has 0 unspecified atom stereocenters. The summed E-state index contributed by atoms with van der Waals surface area (Å²) >= 11 is 0. The molecule has 4 nitrogen and oxygen atoms in total. The van der Waals surface area contributed by atoms with Crippen molar-refractivity contribution >= 4 is 11.8 Å². The smallest absolute Gasteiger partial charge is 0.129 e. The summed E-state index contributed by atoms with van der Waals surface area (Å²) in [6.07, 6.45) is 7.51. The summed E-state index contributed by atoms with van der Waals surface area (Å²) in [7, 11) is 1.66. The van der Waals surface area contributed by atoms with Gasteiger partial charge in [-0.2, -0.15) is 0 Å². The van der Waals surface area contributed by atoms with Crippen LogP contribution >= 0.6 is 0 Å². The molecule has 0 saturated heterocycles. The van der Waals surface area contributed by atoms with E-state index in [4.69, 9.17) is 9.47 Å². The average Bonchev–Trinajstić information content (AvgIpc) is 2.91. The number of nitrogens with zero attached hydrogens (tertiary/aromatic N) is 2. The van der Waals surface area contributed by atoms with Crippen LogP contribution in [0.1, 0.15) is 5.56 Å². The minimum absolute atomic E-state index is 0.551. The third-order valence-corrected chi connectivity index (χ3v) is 2.75. The summed E-state index contributed by atoms with van der Waals surface area (Å²) in [6.45, 7) is 0.551. The van der Waals surface area contributed by atoms with Crippen LogP contribution in [-0.2, 0) is 0 Å². The summed E-state index contributed by atoms with van der Waals surface area (Å²) in [5, 5.41) is 0. The molecule has 2 heterocycles. The fraction of sp³-hybridized carbons (Fsp3) is 0.154. The zero-order valence-corrected chi connectivity index (χ0v) is 9.46. The van der Waals surface area contributed by atoms with Crippen molar-refractivity contribution in [2.75, 3.05) is 13.7 Å². The minimum atomic E-state index is 0.551. The van der Waals surface area contributed by atoms with Crippen LogP contribution in [0.2, 0.25) is 0 Å². The Morgan fingerprint density at radius 2 is 2.35 bits per heavy atom. The number of benzene rings is 1. The van der Waals surface area contributed by atoms with Gasteiger partial charge in [-0.1, -0.05) is 0 Å². The molecule has 0 saturated carbocycles. The van der Waals surface area contributed by atoms with E-state index in [1.54, 1.807) is 19.6 Å². The first-order valence-electron chi connectivity index (χ1n) is 5.36. The molecule has 0 N–H and O–H groups in total. The van der Waals surface area contributed by atoms with E-state index in [0.29, 0.717) is 6.61 Å². The second-order valence-corrected chi connectivity index (χ2v) is 3.80. The first kappa shape index (κ1) is 9.96. The van der Waals surface area contributed by atoms with Gasteiger partial charge in [0.25, 0.3) is 0 Å². The summed E-state index contributed by atoms with van der Waals surface area (Å²) in [5.74, 6) is 1.71. The van der Waals surface area contributed by atoms with Crippen LogP contribution in [0.15, 0.2) is 36.9 Å². The maximum atomic E-state index is 5.69. The van der Waals surface area contributed by atoms with Crippen molar-refractivity contribution in [2.45, 2.75) is 0 Å². The monoisotopic (exact) mass is 228 g/mol. The van der Waals surface area contributed by atoms with Gasteiger partial charge in [0.15, 0.2) is 0 Å². The molecule has 1 aliphatic heterocycles. The van der Waals surface area contributed by atoms with Crippen molar-refractivity contribution in [1.82, 2.24) is 9.55 Å². The molecular weight excluding hydrogens is 216 g/mol. The van der Waals surface area contributed by atoms with Gasteiger partial charge in [0.05, 0.1) is 19.1 Å². The van der Waals surface area contributed by atoms with Crippen LogP contribution in [0.5, 0.6) is 11.5 Å². The lowest BCUT2D eigenvalue weighted by Gasteiger charge is -2.18. The van der Waals surface area contributed by atoms with E-state index in [9.17, 15) is 0 Å². The van der Waals surface area contributed by atoms with Crippen LogP contribution in [0.3, 0.4) is 0 Å². The number of hydrogen-bond acceptors (Lipinski definition) is 3. The number of hydrogen-bond donors (Lipinski definition) is 0. The van der Waals surface area contributed by atoms with Crippen LogP contribution in [-0.4, -0.2) is 23.3 Å². The first-order chi connectivity index (χ1) is 8.36. The molecule has 17 heavy (non-hydrogen) atoms. The standard InChI is InChI=1S/C13H12N2O2/c1-16-12-2-3-13-10(7-12)6-11(8-17-13)15-5-4-14-9-15/h2-7,9H,8H2,1H3. The highest BCUT2D eigenvalue weighted by Gasteiger charge is 2.13. The van der Waals surface area contributed by atoms with Gasteiger partial charge in [0.2, 0.25) is 0 Å². The third-order valence-electron chi connectivity index (χ3n) is 2.75. The second-order valence-electron chi connectivity index (χ2n) is 3.80. The highest BCUT2D eigenvalue weighted by atomic mass is 16.5. The predicted octanol–water partition coefficient (Wildman–Crippen LogP) is 2.28. The van der Waals surface area contributed by atoms with Crippen LogP contribution < -0.4 is 9.47 Å². The molecule has 1 aromatic carbocycles. The van der Waals surface area contributed by atoms with Gasteiger partial charge in [0, 0.05) is 18.0 Å². The largest absolute Gasteiger partial charge is 0.497 e. The highest BCUT2D eigenvalue weighted by Crippen LogP contribution is 2.30. The Morgan fingerprint density at radius 3 is 3.12 bits per heavy atom. The maximum absolute atomic E-state index is 5.69. The Bertz CT molecular complexity index is 559. The molecule has 0 radical (unpaired) electrons. The SMILES string of the molecule is COc1ccc2c(c1)C=C(n1ccnc1)CO2. The first-order valence-corrected chi connectivity index (χ1v) is 5.36. The molecule has 0 fully saturated rings. The van der Waals surface area contributed by atoms with Crippen molar-refractivity contribution in [3.05, 3.63) is 42.5 Å². The van der Waals surface area contributed by atoms with E-state index in [2.05, 4.69) is 11.1 Å². The number of rotatable bonds is 2. The van der Waals surface area contributed by atoms with Crippen LogP contribution in [0.25, 0.3) is 11.8 Å². The summed E-state index contributed by atoms with van der Waals surface area (Å²) in [4.78, 5) is 4.03. The molecule has 3 rings (SSSR count). The fourth-order valence-corrected chi connectivity index (χ4v) is 1.85. The quantitative estimate of drug-likeness (QED) is 0.791. The van der Waals surface area contributed by atoms with E-state index in [1.807, 2.05) is 29.0 Å². The van der Waals surface area contributed by atoms with Gasteiger partial charge in [-0.15, -0.1) is 0 Å². The topological polar surface area (TPSA) is 36.3 Å².